The van der Waals surface area contributed by atoms with Crippen molar-refractivity contribution in [1.29, 1.82) is 0 Å². The maximum Gasteiger partial charge on any atom is 0.405 e. The number of nitrogens with two attached hydrogens (primary N) is 1. The fourth-order valence-electron chi connectivity index (χ4n) is 2.53. The number of nitrogens with zero attached hydrogens (tertiary/aromatic N) is 3. The van der Waals surface area contributed by atoms with E-state index in [9.17, 15) is 9.59 Å². The summed E-state index contributed by atoms with van der Waals surface area (Å²) in [4.78, 5) is 32.5. The minimum atomic E-state index is -1.23. The van der Waals surface area contributed by atoms with Crippen molar-refractivity contribution < 1.29 is 9.90 Å². The Morgan fingerprint density at radius 1 is 1.36 bits per heavy atom. The molecule has 1 aromatic carbocycles. The molecule has 0 saturated carbocycles. The van der Waals surface area contributed by atoms with Crippen molar-refractivity contribution in [2.24, 2.45) is 0 Å². The lowest BCUT2D eigenvalue weighted by Gasteiger charge is -2.18. The molecule has 0 spiro atoms. The molecule has 25 heavy (non-hydrogen) atoms. The molecule has 2 heterocycles. The molecule has 0 fully saturated rings. The quantitative estimate of drug-likeness (QED) is 0.659. The van der Waals surface area contributed by atoms with E-state index in [-0.39, 0.29) is 16.2 Å². The highest BCUT2D eigenvalue weighted by molar-refractivity contribution is 6.35. The molecule has 0 saturated heterocycles. The van der Waals surface area contributed by atoms with Gasteiger partial charge < -0.3 is 16.2 Å². The summed E-state index contributed by atoms with van der Waals surface area (Å²) in [6, 6.07) is 7.31. The summed E-state index contributed by atoms with van der Waals surface area (Å²) in [5, 5.41) is 11.8. The molecule has 3 aromatic rings. The largest absolute Gasteiger partial charge is 0.465 e. The maximum atomic E-state index is 13.1. The van der Waals surface area contributed by atoms with E-state index in [0.29, 0.717) is 17.0 Å². The van der Waals surface area contributed by atoms with Gasteiger partial charge in [0.2, 0.25) is 0 Å². The molecular formula is C16H14ClN5O3. The SMILES string of the molecule is CC(NC(=O)O)c1nc2cccc(Cl)c2c(=O)n1-c1ccc(N)nc1. The number of halogens is 1. The summed E-state index contributed by atoms with van der Waals surface area (Å²) in [5.74, 6) is 0.510. The molecule has 1 unspecified atom stereocenters. The van der Waals surface area contributed by atoms with Crippen molar-refractivity contribution >= 4 is 34.4 Å². The Morgan fingerprint density at radius 2 is 2.12 bits per heavy atom. The first-order valence-corrected chi connectivity index (χ1v) is 7.69. The number of hydrogen-bond donors (Lipinski definition) is 3. The van der Waals surface area contributed by atoms with Gasteiger partial charge in [-0.25, -0.2) is 14.8 Å². The van der Waals surface area contributed by atoms with Gasteiger partial charge in [0.15, 0.2) is 0 Å². The van der Waals surface area contributed by atoms with Crippen molar-refractivity contribution in [3.8, 4) is 5.69 Å². The van der Waals surface area contributed by atoms with Gasteiger partial charge in [0.1, 0.15) is 11.6 Å². The number of benzene rings is 1. The Labute approximate surface area is 146 Å². The van der Waals surface area contributed by atoms with E-state index in [1.165, 1.54) is 16.8 Å². The van der Waals surface area contributed by atoms with E-state index < -0.39 is 17.7 Å². The number of fused-ring (bicyclic) bond motifs is 1. The van der Waals surface area contributed by atoms with E-state index in [2.05, 4.69) is 15.3 Å². The van der Waals surface area contributed by atoms with Gasteiger partial charge in [-0.05, 0) is 31.2 Å². The number of nitrogens with one attached hydrogen (secondary N) is 1. The highest BCUT2D eigenvalue weighted by Crippen LogP contribution is 2.22. The summed E-state index contributed by atoms with van der Waals surface area (Å²) in [6.45, 7) is 1.59. The molecule has 128 valence electrons. The van der Waals surface area contributed by atoms with Gasteiger partial charge in [-0.15, -0.1) is 0 Å². The summed E-state index contributed by atoms with van der Waals surface area (Å²) in [6.07, 6.45) is 0.188. The molecule has 0 aliphatic heterocycles. The van der Waals surface area contributed by atoms with Crippen LogP contribution >= 0.6 is 11.6 Å². The normalized spacial score (nSPS) is 12.1. The van der Waals surface area contributed by atoms with Crippen LogP contribution < -0.4 is 16.6 Å². The summed E-state index contributed by atoms with van der Waals surface area (Å²) >= 11 is 6.16. The first-order chi connectivity index (χ1) is 11.9. The second kappa shape index (κ2) is 6.40. The van der Waals surface area contributed by atoms with E-state index in [0.717, 1.165) is 0 Å². The van der Waals surface area contributed by atoms with Crippen LogP contribution in [0.15, 0.2) is 41.3 Å². The van der Waals surface area contributed by atoms with Gasteiger partial charge in [0.05, 0.1) is 33.9 Å². The lowest BCUT2D eigenvalue weighted by atomic mass is 10.2. The van der Waals surface area contributed by atoms with Crippen LogP contribution in [0.2, 0.25) is 5.02 Å². The Hall–Kier alpha value is -3.13. The second-order valence-electron chi connectivity index (χ2n) is 5.36. The number of nitrogen functional groups attached to an aromatic ring is 1. The standard InChI is InChI=1S/C16H14ClN5O3/c1-8(20-16(24)25)14-21-11-4-2-3-10(17)13(11)15(23)22(14)9-5-6-12(18)19-7-9/h2-8,20H,1H3,(H2,18,19)(H,24,25). The number of carbonyl (C=O) groups is 1. The third-order valence-electron chi connectivity index (χ3n) is 3.63. The number of hydrogen-bond acceptors (Lipinski definition) is 5. The lowest BCUT2D eigenvalue weighted by Crippen LogP contribution is -2.32. The Balaban J connectivity index is 2.36. The number of pyridine rings is 1. The second-order valence-corrected chi connectivity index (χ2v) is 5.76. The summed E-state index contributed by atoms with van der Waals surface area (Å²) in [7, 11) is 0. The molecular weight excluding hydrogens is 346 g/mol. The monoisotopic (exact) mass is 359 g/mol. The molecule has 0 aliphatic carbocycles. The maximum absolute atomic E-state index is 13.1. The minimum absolute atomic E-state index is 0.216. The van der Waals surface area contributed by atoms with Crippen molar-refractivity contribution in [3.63, 3.8) is 0 Å². The topological polar surface area (TPSA) is 123 Å². The Kier molecular flexibility index (Phi) is 4.28. The molecule has 1 amide bonds. The van der Waals surface area contributed by atoms with Crippen LogP contribution in [0.4, 0.5) is 10.6 Å². The van der Waals surface area contributed by atoms with E-state index in [1.807, 2.05) is 0 Å². The fourth-order valence-corrected chi connectivity index (χ4v) is 2.78. The Morgan fingerprint density at radius 3 is 2.76 bits per heavy atom. The zero-order valence-corrected chi connectivity index (χ0v) is 13.9. The highest BCUT2D eigenvalue weighted by Gasteiger charge is 2.20. The van der Waals surface area contributed by atoms with Gasteiger partial charge in [0.25, 0.3) is 5.56 Å². The first kappa shape index (κ1) is 16.7. The molecule has 0 radical (unpaired) electrons. The smallest absolute Gasteiger partial charge is 0.405 e. The zero-order chi connectivity index (χ0) is 18.1. The van der Waals surface area contributed by atoms with Crippen LogP contribution in [-0.4, -0.2) is 25.7 Å². The van der Waals surface area contributed by atoms with Crippen LogP contribution in [0.5, 0.6) is 0 Å². The van der Waals surface area contributed by atoms with Crippen molar-refractivity contribution in [3.05, 3.63) is 57.7 Å². The van der Waals surface area contributed by atoms with Crippen LogP contribution in [-0.2, 0) is 0 Å². The Bertz CT molecular complexity index is 1020. The fraction of sp³-hybridized carbons (Fsp3) is 0.125. The first-order valence-electron chi connectivity index (χ1n) is 7.31. The zero-order valence-electron chi connectivity index (χ0n) is 13.1. The van der Waals surface area contributed by atoms with Gasteiger partial charge in [-0.1, -0.05) is 17.7 Å². The number of carboxylic acid groups (broad SMARTS) is 1. The molecule has 9 heteroatoms. The minimum Gasteiger partial charge on any atom is -0.465 e. The van der Waals surface area contributed by atoms with Gasteiger partial charge >= 0.3 is 6.09 Å². The summed E-state index contributed by atoms with van der Waals surface area (Å²) in [5.41, 5.74) is 5.96. The average Bonchev–Trinajstić information content (AvgIpc) is 2.55. The summed E-state index contributed by atoms with van der Waals surface area (Å²) < 4.78 is 1.28. The van der Waals surface area contributed by atoms with Crippen LogP contribution in [0.3, 0.4) is 0 Å². The van der Waals surface area contributed by atoms with E-state index >= 15 is 0 Å². The van der Waals surface area contributed by atoms with E-state index in [4.69, 9.17) is 22.4 Å². The predicted molar refractivity (Wildman–Crippen MR) is 94.1 cm³/mol. The van der Waals surface area contributed by atoms with E-state index in [1.54, 1.807) is 31.2 Å². The average molecular weight is 360 g/mol. The highest BCUT2D eigenvalue weighted by atomic mass is 35.5. The lowest BCUT2D eigenvalue weighted by molar-refractivity contribution is 0.190. The van der Waals surface area contributed by atoms with Crippen molar-refractivity contribution in [2.45, 2.75) is 13.0 Å². The third kappa shape index (κ3) is 3.11. The van der Waals surface area contributed by atoms with Crippen molar-refractivity contribution in [2.75, 3.05) is 5.73 Å². The van der Waals surface area contributed by atoms with Crippen molar-refractivity contribution in [1.82, 2.24) is 19.9 Å². The number of rotatable bonds is 3. The molecule has 4 N–H and O–H groups in total. The molecule has 8 nitrogen and oxygen atoms in total. The molecule has 0 aliphatic rings. The molecule has 2 aromatic heterocycles. The molecule has 1 atom stereocenters. The van der Waals surface area contributed by atoms with Gasteiger partial charge in [-0.3, -0.25) is 9.36 Å². The third-order valence-corrected chi connectivity index (χ3v) is 3.94. The van der Waals surface area contributed by atoms with Crippen LogP contribution in [0, 0.1) is 0 Å². The molecule has 3 rings (SSSR count). The van der Waals surface area contributed by atoms with Gasteiger partial charge in [-0.2, -0.15) is 0 Å². The number of anilines is 1. The number of amides is 1. The molecule has 0 bridgehead atoms. The number of aromatic nitrogens is 3. The van der Waals surface area contributed by atoms with Gasteiger partial charge in [0, 0.05) is 0 Å². The van der Waals surface area contributed by atoms with Crippen LogP contribution in [0.1, 0.15) is 18.8 Å². The van der Waals surface area contributed by atoms with Crippen LogP contribution in [0.25, 0.3) is 16.6 Å². The predicted octanol–water partition coefficient (Wildman–Crippen LogP) is 2.34.